The van der Waals surface area contributed by atoms with E-state index in [1.807, 2.05) is 50.4 Å². The Morgan fingerprint density at radius 3 is 2.83 bits per heavy atom. The molecule has 156 valence electrons. The predicted molar refractivity (Wildman–Crippen MR) is 116 cm³/mol. The van der Waals surface area contributed by atoms with E-state index in [4.69, 9.17) is 4.74 Å². The minimum Gasteiger partial charge on any atom is -0.494 e. The zero-order valence-corrected chi connectivity index (χ0v) is 17.4. The highest BCUT2D eigenvalue weighted by Crippen LogP contribution is 2.25. The van der Waals surface area contributed by atoms with Gasteiger partial charge in [-0.2, -0.15) is 0 Å². The van der Waals surface area contributed by atoms with Crippen molar-refractivity contribution in [1.29, 1.82) is 0 Å². The van der Waals surface area contributed by atoms with Gasteiger partial charge in [0.2, 0.25) is 5.91 Å². The van der Waals surface area contributed by atoms with Crippen LogP contribution in [0.3, 0.4) is 0 Å². The van der Waals surface area contributed by atoms with Crippen molar-refractivity contribution in [3.05, 3.63) is 54.5 Å². The SMILES string of the molecule is CCOc1ccc([C@H](C)NC(=O)[C@@H]2CCCN(c3cnc4nccnc4c3)C2)cc1. The minimum atomic E-state index is -0.0545. The Balaban J connectivity index is 1.40. The van der Waals surface area contributed by atoms with E-state index in [9.17, 15) is 4.79 Å². The quantitative estimate of drug-likeness (QED) is 0.676. The second kappa shape index (κ2) is 9.07. The molecule has 0 bridgehead atoms. The van der Waals surface area contributed by atoms with Gasteiger partial charge in [-0.25, -0.2) is 9.97 Å². The first kappa shape index (κ1) is 20.1. The van der Waals surface area contributed by atoms with Crippen molar-refractivity contribution in [2.75, 3.05) is 24.6 Å². The summed E-state index contributed by atoms with van der Waals surface area (Å²) in [5.41, 5.74) is 3.46. The number of pyridine rings is 1. The molecule has 1 fully saturated rings. The third-order valence-corrected chi connectivity index (χ3v) is 5.52. The van der Waals surface area contributed by atoms with E-state index in [1.54, 1.807) is 12.4 Å². The van der Waals surface area contributed by atoms with Crippen molar-refractivity contribution in [3.8, 4) is 5.75 Å². The van der Waals surface area contributed by atoms with Gasteiger partial charge in [0.1, 0.15) is 11.3 Å². The van der Waals surface area contributed by atoms with E-state index < -0.39 is 0 Å². The first-order valence-electron chi connectivity index (χ1n) is 10.5. The summed E-state index contributed by atoms with van der Waals surface area (Å²) in [6, 6.07) is 9.84. The lowest BCUT2D eigenvalue weighted by molar-refractivity contribution is -0.125. The Morgan fingerprint density at radius 2 is 2.03 bits per heavy atom. The first-order valence-corrected chi connectivity index (χ1v) is 10.5. The summed E-state index contributed by atoms with van der Waals surface area (Å²) in [4.78, 5) is 28.1. The van der Waals surface area contributed by atoms with Crippen LogP contribution in [0.1, 0.15) is 38.3 Å². The highest BCUT2D eigenvalue weighted by atomic mass is 16.5. The Kier molecular flexibility index (Phi) is 6.07. The molecule has 1 aliphatic rings. The number of rotatable bonds is 6. The van der Waals surface area contributed by atoms with Gasteiger partial charge < -0.3 is 15.0 Å². The summed E-state index contributed by atoms with van der Waals surface area (Å²) in [5, 5.41) is 3.17. The number of aromatic nitrogens is 3. The third-order valence-electron chi connectivity index (χ3n) is 5.52. The van der Waals surface area contributed by atoms with Crippen LogP contribution in [0.15, 0.2) is 48.9 Å². The van der Waals surface area contributed by atoms with Crippen LogP contribution in [0, 0.1) is 5.92 Å². The zero-order valence-electron chi connectivity index (χ0n) is 17.4. The molecular weight excluding hydrogens is 378 g/mol. The molecule has 1 aliphatic heterocycles. The number of carbonyl (C=O) groups excluding carboxylic acids is 1. The molecule has 1 aromatic carbocycles. The minimum absolute atomic E-state index is 0.0542. The lowest BCUT2D eigenvalue weighted by Gasteiger charge is -2.34. The molecule has 0 unspecified atom stereocenters. The van der Waals surface area contributed by atoms with Gasteiger partial charge in [-0.1, -0.05) is 12.1 Å². The smallest absolute Gasteiger partial charge is 0.225 e. The van der Waals surface area contributed by atoms with Gasteiger partial charge in [0.15, 0.2) is 5.65 Å². The topological polar surface area (TPSA) is 80.2 Å². The summed E-state index contributed by atoms with van der Waals surface area (Å²) < 4.78 is 5.49. The molecule has 1 N–H and O–H groups in total. The number of amides is 1. The van der Waals surface area contributed by atoms with Gasteiger partial charge in [-0.3, -0.25) is 9.78 Å². The summed E-state index contributed by atoms with van der Waals surface area (Å²) >= 11 is 0. The van der Waals surface area contributed by atoms with Crippen LogP contribution in [-0.2, 0) is 4.79 Å². The Bertz CT molecular complexity index is 1010. The fourth-order valence-electron chi connectivity index (χ4n) is 3.88. The molecule has 7 heteroatoms. The van der Waals surface area contributed by atoms with Gasteiger partial charge in [0.05, 0.1) is 30.5 Å². The monoisotopic (exact) mass is 405 g/mol. The van der Waals surface area contributed by atoms with Crippen molar-refractivity contribution in [2.45, 2.75) is 32.7 Å². The van der Waals surface area contributed by atoms with E-state index in [1.165, 1.54) is 0 Å². The fourth-order valence-corrected chi connectivity index (χ4v) is 3.88. The number of nitrogens with zero attached hydrogens (tertiary/aromatic N) is 4. The standard InChI is InChI=1S/C23H27N5O2/c1-3-30-20-8-6-17(7-9-20)16(2)27-23(29)18-5-4-12-28(15-18)19-13-21-22(26-14-19)25-11-10-24-21/h6-11,13-14,16,18H,3-5,12,15H2,1-2H3,(H,27,29)/t16-,18+/m0/s1. The average Bonchev–Trinajstić information content (AvgIpc) is 2.79. The lowest BCUT2D eigenvalue weighted by atomic mass is 9.96. The molecule has 3 heterocycles. The van der Waals surface area contributed by atoms with Crippen LogP contribution < -0.4 is 15.0 Å². The summed E-state index contributed by atoms with van der Waals surface area (Å²) in [6.45, 7) is 6.20. The highest BCUT2D eigenvalue weighted by molar-refractivity contribution is 5.80. The number of nitrogens with one attached hydrogen (secondary N) is 1. The summed E-state index contributed by atoms with van der Waals surface area (Å²) in [5.74, 6) is 0.882. The number of anilines is 1. The van der Waals surface area contributed by atoms with Gasteiger partial charge in [0.25, 0.3) is 0 Å². The fraction of sp³-hybridized carbons (Fsp3) is 0.391. The van der Waals surface area contributed by atoms with Crippen molar-refractivity contribution in [1.82, 2.24) is 20.3 Å². The largest absolute Gasteiger partial charge is 0.494 e. The molecule has 1 amide bonds. The van der Waals surface area contributed by atoms with E-state index in [0.717, 1.165) is 41.9 Å². The van der Waals surface area contributed by atoms with Crippen LogP contribution in [0.25, 0.3) is 11.2 Å². The predicted octanol–water partition coefficient (Wildman–Crippen LogP) is 3.52. The summed E-state index contributed by atoms with van der Waals surface area (Å²) in [6.07, 6.45) is 6.98. The number of benzene rings is 1. The van der Waals surface area contributed by atoms with Crippen LogP contribution in [-0.4, -0.2) is 40.6 Å². The van der Waals surface area contributed by atoms with Crippen molar-refractivity contribution >= 4 is 22.8 Å². The molecule has 0 radical (unpaired) electrons. The van der Waals surface area contributed by atoms with E-state index in [2.05, 4.69) is 25.2 Å². The zero-order chi connectivity index (χ0) is 20.9. The number of fused-ring (bicyclic) bond motifs is 1. The Hall–Kier alpha value is -3.22. The van der Waals surface area contributed by atoms with Gasteiger partial charge in [0, 0.05) is 25.5 Å². The molecule has 7 nitrogen and oxygen atoms in total. The maximum absolute atomic E-state index is 12.9. The molecule has 3 aromatic rings. The maximum atomic E-state index is 12.9. The second-order valence-corrected chi connectivity index (χ2v) is 7.61. The van der Waals surface area contributed by atoms with Crippen LogP contribution in [0.5, 0.6) is 5.75 Å². The van der Waals surface area contributed by atoms with Crippen molar-refractivity contribution < 1.29 is 9.53 Å². The number of hydrogen-bond donors (Lipinski definition) is 1. The lowest BCUT2D eigenvalue weighted by Crippen LogP contribution is -2.43. The Morgan fingerprint density at radius 1 is 1.23 bits per heavy atom. The van der Waals surface area contributed by atoms with Crippen LogP contribution >= 0.6 is 0 Å². The van der Waals surface area contributed by atoms with Crippen LogP contribution in [0.4, 0.5) is 5.69 Å². The van der Waals surface area contributed by atoms with Crippen LogP contribution in [0.2, 0.25) is 0 Å². The average molecular weight is 406 g/mol. The number of carbonyl (C=O) groups is 1. The molecular formula is C23H27N5O2. The molecule has 4 rings (SSSR count). The van der Waals surface area contributed by atoms with E-state index >= 15 is 0 Å². The molecule has 2 atom stereocenters. The van der Waals surface area contributed by atoms with Crippen molar-refractivity contribution in [3.63, 3.8) is 0 Å². The molecule has 1 saturated heterocycles. The van der Waals surface area contributed by atoms with E-state index in [-0.39, 0.29) is 17.9 Å². The summed E-state index contributed by atoms with van der Waals surface area (Å²) in [7, 11) is 0. The Labute approximate surface area is 176 Å². The first-order chi connectivity index (χ1) is 14.6. The number of ether oxygens (including phenoxy) is 1. The highest BCUT2D eigenvalue weighted by Gasteiger charge is 2.27. The van der Waals surface area contributed by atoms with Crippen molar-refractivity contribution in [2.24, 2.45) is 5.92 Å². The van der Waals surface area contributed by atoms with Gasteiger partial charge in [-0.05, 0) is 50.5 Å². The second-order valence-electron chi connectivity index (χ2n) is 7.61. The molecule has 2 aromatic heterocycles. The third kappa shape index (κ3) is 4.50. The van der Waals surface area contributed by atoms with Gasteiger partial charge >= 0.3 is 0 Å². The molecule has 0 aliphatic carbocycles. The van der Waals surface area contributed by atoms with E-state index in [0.29, 0.717) is 18.8 Å². The number of hydrogen-bond acceptors (Lipinski definition) is 6. The maximum Gasteiger partial charge on any atom is 0.225 e. The normalized spacial score (nSPS) is 17.5. The number of piperidine rings is 1. The molecule has 0 spiro atoms. The van der Waals surface area contributed by atoms with Gasteiger partial charge in [-0.15, -0.1) is 0 Å². The molecule has 30 heavy (non-hydrogen) atoms. The molecule has 0 saturated carbocycles.